The third kappa shape index (κ3) is 4.81. The zero-order valence-corrected chi connectivity index (χ0v) is 13.9. The molecule has 3 nitrogen and oxygen atoms in total. The van der Waals surface area contributed by atoms with Gasteiger partial charge >= 0.3 is 0 Å². The van der Waals surface area contributed by atoms with Crippen molar-refractivity contribution in [3.63, 3.8) is 0 Å². The van der Waals surface area contributed by atoms with Gasteiger partial charge in [-0.3, -0.25) is 4.79 Å². The molecule has 1 N–H and O–H groups in total. The van der Waals surface area contributed by atoms with Crippen molar-refractivity contribution in [3.8, 4) is 0 Å². The Kier molecular flexibility index (Phi) is 5.74. The van der Waals surface area contributed by atoms with Crippen LogP contribution in [-0.2, 0) is 11.2 Å². The molecule has 0 aliphatic carbocycles. The summed E-state index contributed by atoms with van der Waals surface area (Å²) < 4.78 is 1.16. The van der Waals surface area contributed by atoms with Gasteiger partial charge in [-0.15, -0.1) is 0 Å². The van der Waals surface area contributed by atoms with Crippen LogP contribution in [0.25, 0.3) is 10.2 Å². The molecule has 0 aliphatic heterocycles. The lowest BCUT2D eigenvalue weighted by molar-refractivity contribution is -0.116. The molecule has 1 amide bonds. The molecule has 1 aromatic carbocycles. The number of carbonyl (C=O) groups is 1. The number of hydrogen-bond donors (Lipinski definition) is 1. The monoisotopic (exact) mass is 304 g/mol. The van der Waals surface area contributed by atoms with Gasteiger partial charge in [-0.05, 0) is 42.9 Å². The molecule has 0 aliphatic rings. The molecule has 2 aromatic rings. The molecular weight excluding hydrogens is 280 g/mol. The Bertz CT molecular complexity index is 604. The Morgan fingerprint density at radius 3 is 2.90 bits per heavy atom. The third-order valence-electron chi connectivity index (χ3n) is 3.47. The van der Waals surface area contributed by atoms with E-state index in [0.29, 0.717) is 17.5 Å². The zero-order valence-electron chi connectivity index (χ0n) is 13.1. The number of fused-ring (bicyclic) bond motifs is 1. The molecular formula is C17H24N2OS. The number of aromatic nitrogens is 1. The molecule has 0 radical (unpaired) electrons. The van der Waals surface area contributed by atoms with Gasteiger partial charge in [-0.1, -0.05) is 44.6 Å². The summed E-state index contributed by atoms with van der Waals surface area (Å²) in [5.41, 5.74) is 2.32. The van der Waals surface area contributed by atoms with Crippen LogP contribution in [0.4, 0.5) is 5.13 Å². The van der Waals surface area contributed by atoms with Crippen LogP contribution in [-0.4, -0.2) is 10.9 Å². The number of anilines is 1. The fourth-order valence-electron chi connectivity index (χ4n) is 2.16. The van der Waals surface area contributed by atoms with Crippen LogP contribution < -0.4 is 5.32 Å². The zero-order chi connectivity index (χ0) is 15.2. The van der Waals surface area contributed by atoms with Gasteiger partial charge in [0, 0.05) is 6.42 Å². The van der Waals surface area contributed by atoms with E-state index in [4.69, 9.17) is 0 Å². The first-order valence-corrected chi connectivity index (χ1v) is 8.59. The van der Waals surface area contributed by atoms with E-state index in [1.807, 2.05) is 0 Å². The molecule has 0 unspecified atom stereocenters. The van der Waals surface area contributed by atoms with Crippen molar-refractivity contribution in [2.75, 3.05) is 5.32 Å². The highest BCUT2D eigenvalue weighted by Gasteiger charge is 2.09. The second-order valence-corrected chi connectivity index (χ2v) is 6.94. The van der Waals surface area contributed by atoms with Crippen molar-refractivity contribution in [2.24, 2.45) is 5.92 Å². The number of aryl methyl sites for hydroxylation is 1. The smallest absolute Gasteiger partial charge is 0.226 e. The summed E-state index contributed by atoms with van der Waals surface area (Å²) in [5, 5.41) is 3.63. The summed E-state index contributed by atoms with van der Waals surface area (Å²) >= 11 is 1.56. The minimum atomic E-state index is 0.0639. The van der Waals surface area contributed by atoms with Gasteiger partial charge in [-0.2, -0.15) is 0 Å². The van der Waals surface area contributed by atoms with Crippen molar-refractivity contribution >= 4 is 32.6 Å². The Balaban J connectivity index is 2.03. The molecule has 114 valence electrons. The van der Waals surface area contributed by atoms with Gasteiger partial charge in [-0.25, -0.2) is 4.98 Å². The van der Waals surface area contributed by atoms with Gasteiger partial charge in [0.15, 0.2) is 5.13 Å². The standard InChI is InChI=1S/C17H24N2OS/c1-4-5-6-13-8-9-14-15(11-13)21-17(18-14)19-16(20)10-7-12(2)3/h8-9,11-12H,4-7,10H2,1-3H3,(H,18,19,20). The highest BCUT2D eigenvalue weighted by Crippen LogP contribution is 2.27. The summed E-state index contributed by atoms with van der Waals surface area (Å²) in [6.07, 6.45) is 5.01. The van der Waals surface area contributed by atoms with Crippen molar-refractivity contribution in [3.05, 3.63) is 23.8 Å². The normalized spacial score (nSPS) is 11.2. The van der Waals surface area contributed by atoms with Gasteiger partial charge in [0.2, 0.25) is 5.91 Å². The molecule has 0 saturated carbocycles. The van der Waals surface area contributed by atoms with Crippen LogP contribution >= 0.6 is 11.3 Å². The van der Waals surface area contributed by atoms with E-state index >= 15 is 0 Å². The fourth-order valence-corrected chi connectivity index (χ4v) is 3.11. The quantitative estimate of drug-likeness (QED) is 0.781. The van der Waals surface area contributed by atoms with Crippen LogP contribution in [0.1, 0.15) is 52.0 Å². The van der Waals surface area contributed by atoms with Crippen LogP contribution in [0.5, 0.6) is 0 Å². The topological polar surface area (TPSA) is 42.0 Å². The average Bonchev–Trinajstić information content (AvgIpc) is 2.84. The number of nitrogens with zero attached hydrogens (tertiary/aromatic N) is 1. The van der Waals surface area contributed by atoms with Crippen molar-refractivity contribution in [2.45, 2.75) is 52.9 Å². The number of hydrogen-bond acceptors (Lipinski definition) is 3. The molecule has 1 heterocycles. The number of thiazole rings is 1. The lowest BCUT2D eigenvalue weighted by Crippen LogP contribution is -2.11. The predicted molar refractivity (Wildman–Crippen MR) is 90.9 cm³/mol. The van der Waals surface area contributed by atoms with Crippen LogP contribution in [0, 0.1) is 5.92 Å². The fraction of sp³-hybridized carbons (Fsp3) is 0.529. The van der Waals surface area contributed by atoms with Gasteiger partial charge < -0.3 is 5.32 Å². The minimum Gasteiger partial charge on any atom is -0.302 e. The largest absolute Gasteiger partial charge is 0.302 e. The number of nitrogens with one attached hydrogen (secondary N) is 1. The number of benzene rings is 1. The van der Waals surface area contributed by atoms with E-state index in [1.54, 1.807) is 11.3 Å². The first-order chi connectivity index (χ1) is 10.1. The first-order valence-electron chi connectivity index (χ1n) is 7.77. The minimum absolute atomic E-state index is 0.0639. The van der Waals surface area contributed by atoms with Crippen LogP contribution in [0.2, 0.25) is 0 Å². The molecule has 21 heavy (non-hydrogen) atoms. The summed E-state index contributed by atoms with van der Waals surface area (Å²) in [6.45, 7) is 6.46. The van der Waals surface area contributed by atoms with Gasteiger partial charge in [0.25, 0.3) is 0 Å². The number of rotatable bonds is 7. The molecule has 0 fully saturated rings. The maximum atomic E-state index is 11.9. The van der Waals surface area contributed by atoms with Gasteiger partial charge in [0.05, 0.1) is 10.2 Å². The van der Waals surface area contributed by atoms with Crippen molar-refractivity contribution in [1.29, 1.82) is 0 Å². The molecule has 0 spiro atoms. The van der Waals surface area contributed by atoms with Crippen LogP contribution in [0.15, 0.2) is 18.2 Å². The highest BCUT2D eigenvalue weighted by molar-refractivity contribution is 7.22. The highest BCUT2D eigenvalue weighted by atomic mass is 32.1. The molecule has 1 aromatic heterocycles. The van der Waals surface area contributed by atoms with Crippen molar-refractivity contribution in [1.82, 2.24) is 4.98 Å². The van der Waals surface area contributed by atoms with E-state index in [1.165, 1.54) is 18.4 Å². The number of unbranched alkanes of at least 4 members (excludes halogenated alkanes) is 1. The van der Waals surface area contributed by atoms with Crippen LogP contribution in [0.3, 0.4) is 0 Å². The second kappa shape index (κ2) is 7.55. The maximum Gasteiger partial charge on any atom is 0.226 e. The SMILES string of the molecule is CCCCc1ccc2nc(NC(=O)CCC(C)C)sc2c1. The molecule has 2 rings (SSSR count). The second-order valence-electron chi connectivity index (χ2n) is 5.91. The summed E-state index contributed by atoms with van der Waals surface area (Å²) in [6, 6.07) is 6.40. The summed E-state index contributed by atoms with van der Waals surface area (Å²) in [4.78, 5) is 16.3. The number of carbonyl (C=O) groups excluding carboxylic acids is 1. The Labute approximate surface area is 130 Å². The Hall–Kier alpha value is -1.42. The van der Waals surface area contributed by atoms with E-state index in [-0.39, 0.29) is 5.91 Å². The summed E-state index contributed by atoms with van der Waals surface area (Å²) in [5.74, 6) is 0.612. The third-order valence-corrected chi connectivity index (χ3v) is 4.40. The molecule has 0 saturated heterocycles. The Morgan fingerprint density at radius 1 is 1.38 bits per heavy atom. The first kappa shape index (κ1) is 16.0. The predicted octanol–water partition coefficient (Wildman–Crippen LogP) is 5.01. The molecule has 0 bridgehead atoms. The van der Waals surface area contributed by atoms with E-state index in [2.05, 4.69) is 49.3 Å². The lowest BCUT2D eigenvalue weighted by Gasteiger charge is -2.03. The van der Waals surface area contributed by atoms with Gasteiger partial charge in [0.1, 0.15) is 0 Å². The average molecular weight is 304 g/mol. The van der Waals surface area contributed by atoms with Crippen molar-refractivity contribution < 1.29 is 4.79 Å². The summed E-state index contributed by atoms with van der Waals surface area (Å²) in [7, 11) is 0. The molecule has 4 heteroatoms. The number of amides is 1. The van der Waals surface area contributed by atoms with E-state index < -0.39 is 0 Å². The lowest BCUT2D eigenvalue weighted by atomic mass is 10.1. The molecule has 0 atom stereocenters. The maximum absolute atomic E-state index is 11.9. The van der Waals surface area contributed by atoms with E-state index in [0.717, 1.165) is 23.1 Å². The van der Waals surface area contributed by atoms with E-state index in [9.17, 15) is 4.79 Å². The Morgan fingerprint density at radius 2 is 2.19 bits per heavy atom.